The summed E-state index contributed by atoms with van der Waals surface area (Å²) < 4.78 is 28.1. The first-order chi connectivity index (χ1) is 13.5. The summed E-state index contributed by atoms with van der Waals surface area (Å²) in [5.74, 6) is -0.00990. The van der Waals surface area contributed by atoms with E-state index < -0.39 is 10.0 Å². The van der Waals surface area contributed by atoms with Crippen LogP contribution in [-0.2, 0) is 10.0 Å². The van der Waals surface area contributed by atoms with Crippen LogP contribution in [0.5, 0.6) is 0 Å². The molecule has 0 aliphatic carbocycles. The highest BCUT2D eigenvalue weighted by Crippen LogP contribution is 2.24. The van der Waals surface area contributed by atoms with Crippen molar-refractivity contribution in [3.63, 3.8) is 0 Å². The van der Waals surface area contributed by atoms with Crippen LogP contribution in [0.15, 0.2) is 53.7 Å². The van der Waals surface area contributed by atoms with Crippen LogP contribution in [0.2, 0.25) is 0 Å². The third-order valence-corrected chi connectivity index (χ3v) is 6.57. The van der Waals surface area contributed by atoms with E-state index in [0.29, 0.717) is 22.3 Å². The molecule has 2 N–H and O–H groups in total. The van der Waals surface area contributed by atoms with Gasteiger partial charge in [-0.15, -0.1) is 0 Å². The monoisotopic (exact) mass is 398 g/mol. The lowest BCUT2D eigenvalue weighted by atomic mass is 10.0. The number of fused-ring (bicyclic) bond motifs is 1. The molecular formula is C20H22N4O3S. The molecule has 0 bridgehead atoms. The van der Waals surface area contributed by atoms with Gasteiger partial charge in [-0.3, -0.25) is 9.52 Å². The zero-order valence-electron chi connectivity index (χ0n) is 15.6. The lowest BCUT2D eigenvalue weighted by Crippen LogP contribution is -2.42. The second-order valence-electron chi connectivity index (χ2n) is 7.08. The molecule has 1 aliphatic heterocycles. The van der Waals surface area contributed by atoms with Gasteiger partial charge in [0.25, 0.3) is 15.9 Å². The van der Waals surface area contributed by atoms with Crippen molar-refractivity contribution < 1.29 is 13.2 Å². The average Bonchev–Trinajstić information content (AvgIpc) is 3.13. The molecule has 1 aromatic carbocycles. The summed E-state index contributed by atoms with van der Waals surface area (Å²) in [7, 11) is -3.78. The van der Waals surface area contributed by atoms with Gasteiger partial charge >= 0.3 is 0 Å². The highest BCUT2D eigenvalue weighted by atomic mass is 32.2. The molecule has 1 fully saturated rings. The molecule has 146 valence electrons. The maximum Gasteiger partial charge on any atom is 0.264 e. The zero-order valence-corrected chi connectivity index (χ0v) is 16.4. The first-order valence-electron chi connectivity index (χ1n) is 9.32. The summed E-state index contributed by atoms with van der Waals surface area (Å²) in [6, 6.07) is 10.2. The predicted octanol–water partition coefficient (Wildman–Crippen LogP) is 3.38. The van der Waals surface area contributed by atoms with E-state index in [1.165, 1.54) is 6.20 Å². The van der Waals surface area contributed by atoms with Crippen molar-refractivity contribution in [3.8, 4) is 0 Å². The maximum absolute atomic E-state index is 12.8. The van der Waals surface area contributed by atoms with E-state index in [4.69, 9.17) is 0 Å². The number of H-pyrrole nitrogens is 1. The van der Waals surface area contributed by atoms with Crippen molar-refractivity contribution in [3.05, 3.63) is 54.4 Å². The van der Waals surface area contributed by atoms with Gasteiger partial charge in [0.2, 0.25) is 0 Å². The number of nitrogens with zero attached hydrogens (tertiary/aromatic N) is 2. The molecule has 0 saturated carbocycles. The fourth-order valence-electron chi connectivity index (χ4n) is 3.61. The number of likely N-dealkylation sites (tertiary alicyclic amines) is 1. The second kappa shape index (κ2) is 7.27. The standard InChI is InChI=1S/C20H22N4O3S/c1-14-5-2-3-12-24(14)20(25)15-7-9-16(10-8-15)23-28(26,27)18-13-22-19-17(18)6-4-11-21-19/h4,6-11,13-14,23H,2-3,5,12H2,1H3,(H,21,22)/t14-/m1/s1. The fourth-order valence-corrected chi connectivity index (χ4v) is 4.83. The number of nitrogens with one attached hydrogen (secondary N) is 2. The Morgan fingerprint density at radius 3 is 2.75 bits per heavy atom. The van der Waals surface area contributed by atoms with Crippen molar-refractivity contribution in [1.29, 1.82) is 0 Å². The molecule has 1 aliphatic rings. The number of benzene rings is 1. The fraction of sp³-hybridized carbons (Fsp3) is 0.300. The van der Waals surface area contributed by atoms with Gasteiger partial charge in [-0.05, 0) is 62.6 Å². The molecule has 3 aromatic rings. The van der Waals surface area contributed by atoms with Crippen LogP contribution in [0, 0.1) is 0 Å². The first kappa shape index (κ1) is 18.5. The highest BCUT2D eigenvalue weighted by molar-refractivity contribution is 7.93. The number of pyridine rings is 1. The van der Waals surface area contributed by atoms with Gasteiger partial charge < -0.3 is 9.88 Å². The number of carbonyl (C=O) groups excluding carboxylic acids is 1. The molecule has 4 rings (SSSR count). The summed E-state index contributed by atoms with van der Waals surface area (Å²) in [5.41, 5.74) is 1.48. The molecular weight excluding hydrogens is 376 g/mol. The molecule has 2 aromatic heterocycles. The van der Waals surface area contributed by atoms with Crippen LogP contribution in [0.1, 0.15) is 36.5 Å². The molecule has 7 nitrogen and oxygen atoms in total. The van der Waals surface area contributed by atoms with Crippen LogP contribution in [0.25, 0.3) is 11.0 Å². The van der Waals surface area contributed by atoms with Crippen molar-refractivity contribution in [2.45, 2.75) is 37.1 Å². The summed E-state index contributed by atoms with van der Waals surface area (Å²) >= 11 is 0. The Hall–Kier alpha value is -2.87. The Morgan fingerprint density at radius 1 is 1.21 bits per heavy atom. The number of hydrogen-bond donors (Lipinski definition) is 2. The minimum atomic E-state index is -3.78. The molecule has 3 heterocycles. The van der Waals surface area contributed by atoms with Crippen LogP contribution in [0.4, 0.5) is 5.69 Å². The summed E-state index contributed by atoms with van der Waals surface area (Å²) in [4.78, 5) is 21.7. The molecule has 28 heavy (non-hydrogen) atoms. The number of aromatic amines is 1. The lowest BCUT2D eigenvalue weighted by Gasteiger charge is -2.33. The molecule has 8 heteroatoms. The Bertz CT molecular complexity index is 1110. The molecule has 0 radical (unpaired) electrons. The van der Waals surface area contributed by atoms with Gasteiger partial charge in [0, 0.05) is 41.6 Å². The predicted molar refractivity (Wildman–Crippen MR) is 108 cm³/mol. The smallest absolute Gasteiger partial charge is 0.264 e. The van der Waals surface area contributed by atoms with Crippen molar-refractivity contribution in [2.24, 2.45) is 0 Å². The van der Waals surface area contributed by atoms with E-state index in [1.807, 2.05) is 4.90 Å². The second-order valence-corrected chi connectivity index (χ2v) is 8.73. The van der Waals surface area contributed by atoms with Crippen LogP contribution < -0.4 is 4.72 Å². The van der Waals surface area contributed by atoms with Gasteiger partial charge in [0.1, 0.15) is 10.5 Å². The van der Waals surface area contributed by atoms with E-state index in [9.17, 15) is 13.2 Å². The molecule has 1 atom stereocenters. The summed E-state index contributed by atoms with van der Waals surface area (Å²) in [6.45, 7) is 2.83. The van der Waals surface area contributed by atoms with E-state index in [0.717, 1.165) is 25.8 Å². The largest absolute Gasteiger partial charge is 0.345 e. The summed E-state index contributed by atoms with van der Waals surface area (Å²) in [5, 5.41) is 0.529. The average molecular weight is 398 g/mol. The molecule has 1 saturated heterocycles. The number of amides is 1. The maximum atomic E-state index is 12.8. The number of piperidine rings is 1. The minimum Gasteiger partial charge on any atom is -0.345 e. The minimum absolute atomic E-state index is 0.00990. The van der Waals surface area contributed by atoms with E-state index in [2.05, 4.69) is 21.6 Å². The van der Waals surface area contributed by atoms with Crippen molar-refractivity contribution >= 4 is 32.7 Å². The Kier molecular flexibility index (Phi) is 4.80. The van der Waals surface area contributed by atoms with E-state index in [-0.39, 0.29) is 16.8 Å². The number of carbonyl (C=O) groups is 1. The number of anilines is 1. The van der Waals surface area contributed by atoms with Gasteiger partial charge in [0.15, 0.2) is 0 Å². The molecule has 0 spiro atoms. The summed E-state index contributed by atoms with van der Waals surface area (Å²) in [6.07, 6.45) is 6.21. The van der Waals surface area contributed by atoms with E-state index >= 15 is 0 Å². The molecule has 0 unspecified atom stereocenters. The lowest BCUT2D eigenvalue weighted by molar-refractivity contribution is 0.0635. The van der Waals surface area contributed by atoms with Gasteiger partial charge in [-0.2, -0.15) is 0 Å². The number of aromatic nitrogens is 2. The normalized spacial score (nSPS) is 17.6. The number of sulfonamides is 1. The van der Waals surface area contributed by atoms with Gasteiger partial charge in [-0.25, -0.2) is 13.4 Å². The Morgan fingerprint density at radius 2 is 2.00 bits per heavy atom. The van der Waals surface area contributed by atoms with Crippen LogP contribution in [-0.4, -0.2) is 41.8 Å². The third-order valence-electron chi connectivity index (χ3n) is 5.15. The van der Waals surface area contributed by atoms with Gasteiger partial charge in [0.05, 0.1) is 0 Å². The molecule has 1 amide bonds. The first-order valence-corrected chi connectivity index (χ1v) is 10.8. The van der Waals surface area contributed by atoms with Crippen LogP contribution in [0.3, 0.4) is 0 Å². The third kappa shape index (κ3) is 3.47. The Labute approximate surface area is 163 Å². The SMILES string of the molecule is C[C@@H]1CCCCN1C(=O)c1ccc(NS(=O)(=O)c2c[nH]c3ncccc23)cc1. The van der Waals surface area contributed by atoms with E-state index in [1.54, 1.807) is 42.6 Å². The topological polar surface area (TPSA) is 95.2 Å². The highest BCUT2D eigenvalue weighted by Gasteiger charge is 2.24. The van der Waals surface area contributed by atoms with Crippen molar-refractivity contribution in [2.75, 3.05) is 11.3 Å². The van der Waals surface area contributed by atoms with Crippen molar-refractivity contribution in [1.82, 2.24) is 14.9 Å². The number of hydrogen-bond acceptors (Lipinski definition) is 4. The Balaban J connectivity index is 1.53. The zero-order chi connectivity index (χ0) is 19.7. The van der Waals surface area contributed by atoms with Crippen LogP contribution >= 0.6 is 0 Å². The van der Waals surface area contributed by atoms with Gasteiger partial charge in [-0.1, -0.05) is 0 Å². The number of rotatable bonds is 4. The quantitative estimate of drug-likeness (QED) is 0.704.